The van der Waals surface area contributed by atoms with Crippen LogP contribution in [0.1, 0.15) is 25.7 Å². The summed E-state index contributed by atoms with van der Waals surface area (Å²) < 4.78 is 5.20. The Hall–Kier alpha value is -1.30. The molecule has 0 bridgehead atoms. The quantitative estimate of drug-likeness (QED) is 0.750. The normalized spacial score (nSPS) is 21.1. The molecule has 0 saturated carbocycles. The summed E-state index contributed by atoms with van der Waals surface area (Å²) in [5.41, 5.74) is 5.38. The van der Waals surface area contributed by atoms with Gasteiger partial charge < -0.3 is 20.2 Å². The van der Waals surface area contributed by atoms with Gasteiger partial charge in [-0.1, -0.05) is 10.2 Å². The Labute approximate surface area is 88.1 Å². The van der Waals surface area contributed by atoms with Gasteiger partial charge >= 0.3 is 12.0 Å². The average molecular weight is 212 g/mol. The first-order chi connectivity index (χ1) is 7.31. The summed E-state index contributed by atoms with van der Waals surface area (Å²) in [6, 6.07) is 1.02. The highest BCUT2D eigenvalue weighted by Crippen LogP contribution is 2.27. The van der Waals surface area contributed by atoms with Crippen molar-refractivity contribution in [2.75, 3.05) is 23.8 Å². The van der Waals surface area contributed by atoms with E-state index in [-0.39, 0.29) is 12.6 Å². The topological polar surface area (TPSA) is 88.4 Å². The predicted octanol–water partition coefficient (Wildman–Crippen LogP) is 0.393. The molecule has 1 aromatic rings. The third-order valence-electron chi connectivity index (χ3n) is 2.75. The molecule has 2 rings (SSSR count). The van der Waals surface area contributed by atoms with Crippen LogP contribution in [0.3, 0.4) is 0 Å². The van der Waals surface area contributed by atoms with Crippen molar-refractivity contribution in [3.63, 3.8) is 0 Å². The van der Waals surface area contributed by atoms with Gasteiger partial charge in [0.2, 0.25) is 0 Å². The zero-order valence-corrected chi connectivity index (χ0v) is 8.59. The smallest absolute Gasteiger partial charge is 0.319 e. The highest BCUT2D eigenvalue weighted by Gasteiger charge is 2.27. The van der Waals surface area contributed by atoms with Crippen molar-refractivity contribution in [3.05, 3.63) is 0 Å². The van der Waals surface area contributed by atoms with Gasteiger partial charge in [-0.25, -0.2) is 0 Å². The maximum atomic E-state index is 8.80. The fraction of sp³-hybridized carbons (Fsp3) is 0.778. The molecule has 6 heteroatoms. The van der Waals surface area contributed by atoms with E-state index in [0.29, 0.717) is 12.1 Å². The molecule has 0 amide bonds. The maximum Gasteiger partial charge on any atom is 0.319 e. The number of nitrogens with zero attached hydrogens (tertiary/aromatic N) is 3. The average Bonchev–Trinajstić information content (AvgIpc) is 2.82. The number of nitrogens with two attached hydrogens (primary N) is 1. The number of aromatic nitrogens is 2. The second kappa shape index (κ2) is 4.48. The molecule has 0 radical (unpaired) electrons. The van der Waals surface area contributed by atoms with Crippen LogP contribution in [-0.4, -0.2) is 34.5 Å². The van der Waals surface area contributed by atoms with E-state index in [2.05, 4.69) is 15.1 Å². The first-order valence-corrected chi connectivity index (χ1v) is 5.27. The maximum absolute atomic E-state index is 8.80. The number of anilines is 2. The van der Waals surface area contributed by atoms with Gasteiger partial charge in [-0.05, 0) is 25.7 Å². The van der Waals surface area contributed by atoms with E-state index in [0.717, 1.165) is 32.2 Å². The Morgan fingerprint density at radius 2 is 2.40 bits per heavy atom. The second-order valence-corrected chi connectivity index (χ2v) is 3.78. The van der Waals surface area contributed by atoms with E-state index < -0.39 is 0 Å². The summed E-state index contributed by atoms with van der Waals surface area (Å²) in [5, 5.41) is 16.3. The van der Waals surface area contributed by atoms with Crippen LogP contribution in [0.2, 0.25) is 0 Å². The first kappa shape index (κ1) is 10.2. The summed E-state index contributed by atoms with van der Waals surface area (Å²) >= 11 is 0. The summed E-state index contributed by atoms with van der Waals surface area (Å²) in [7, 11) is 0. The highest BCUT2D eigenvalue weighted by atomic mass is 16.4. The Kier molecular flexibility index (Phi) is 3.05. The van der Waals surface area contributed by atoms with Gasteiger partial charge in [-0.2, -0.15) is 0 Å². The van der Waals surface area contributed by atoms with Crippen LogP contribution in [0.4, 0.5) is 12.0 Å². The van der Waals surface area contributed by atoms with Crippen LogP contribution in [0.25, 0.3) is 0 Å². The zero-order valence-electron chi connectivity index (χ0n) is 8.59. The van der Waals surface area contributed by atoms with Crippen molar-refractivity contribution < 1.29 is 9.52 Å². The molecule has 3 N–H and O–H groups in total. The standard InChI is InChI=1S/C9H16N4O2/c10-8-11-12-9(15-8)13-5-1-3-7(13)4-2-6-14/h7,14H,1-6H2,(H2,10,11). The largest absolute Gasteiger partial charge is 0.396 e. The molecule has 1 aliphatic heterocycles. The third-order valence-corrected chi connectivity index (χ3v) is 2.75. The minimum Gasteiger partial charge on any atom is -0.396 e. The van der Waals surface area contributed by atoms with Gasteiger partial charge in [0, 0.05) is 19.2 Å². The van der Waals surface area contributed by atoms with Crippen molar-refractivity contribution in [3.8, 4) is 0 Å². The Morgan fingerprint density at radius 1 is 1.53 bits per heavy atom. The highest BCUT2D eigenvalue weighted by molar-refractivity contribution is 5.31. The third kappa shape index (κ3) is 2.20. The van der Waals surface area contributed by atoms with Gasteiger partial charge in [-0.3, -0.25) is 0 Å². The molecule has 15 heavy (non-hydrogen) atoms. The molecule has 0 aromatic carbocycles. The van der Waals surface area contributed by atoms with Crippen molar-refractivity contribution in [1.29, 1.82) is 0 Å². The Balaban J connectivity index is 2.01. The van der Waals surface area contributed by atoms with Crippen LogP contribution in [0, 0.1) is 0 Å². The van der Waals surface area contributed by atoms with E-state index in [1.54, 1.807) is 0 Å². The lowest BCUT2D eigenvalue weighted by Crippen LogP contribution is -2.29. The monoisotopic (exact) mass is 212 g/mol. The van der Waals surface area contributed by atoms with E-state index in [1.165, 1.54) is 0 Å². The zero-order chi connectivity index (χ0) is 10.7. The van der Waals surface area contributed by atoms with Crippen LogP contribution >= 0.6 is 0 Å². The molecule has 84 valence electrons. The minimum absolute atomic E-state index is 0.109. The van der Waals surface area contributed by atoms with E-state index in [9.17, 15) is 0 Å². The Morgan fingerprint density at radius 3 is 3.07 bits per heavy atom. The number of hydrogen-bond acceptors (Lipinski definition) is 6. The van der Waals surface area contributed by atoms with Gasteiger partial charge in [0.25, 0.3) is 0 Å². The summed E-state index contributed by atoms with van der Waals surface area (Å²) in [4.78, 5) is 2.08. The fourth-order valence-electron chi connectivity index (χ4n) is 2.06. The number of nitrogen functional groups attached to an aromatic ring is 1. The lowest BCUT2D eigenvalue weighted by atomic mass is 10.1. The molecular formula is C9H16N4O2. The summed E-state index contributed by atoms with van der Waals surface area (Å²) in [6.45, 7) is 1.16. The molecular weight excluding hydrogens is 196 g/mol. The molecule has 1 unspecified atom stereocenters. The molecule has 1 aliphatic rings. The fourth-order valence-corrected chi connectivity index (χ4v) is 2.06. The van der Waals surface area contributed by atoms with E-state index in [4.69, 9.17) is 15.3 Å². The van der Waals surface area contributed by atoms with Crippen molar-refractivity contribution in [1.82, 2.24) is 10.2 Å². The molecule has 2 heterocycles. The SMILES string of the molecule is Nc1nnc(N2CCCC2CCCO)o1. The van der Waals surface area contributed by atoms with Gasteiger partial charge in [-0.15, -0.1) is 0 Å². The van der Waals surface area contributed by atoms with Crippen LogP contribution in [0.15, 0.2) is 4.42 Å². The molecule has 1 fully saturated rings. The lowest BCUT2D eigenvalue weighted by Gasteiger charge is -2.21. The number of hydrogen-bond donors (Lipinski definition) is 2. The van der Waals surface area contributed by atoms with Gasteiger partial charge in [0.1, 0.15) is 0 Å². The van der Waals surface area contributed by atoms with E-state index in [1.807, 2.05) is 0 Å². The summed E-state index contributed by atoms with van der Waals surface area (Å²) in [6.07, 6.45) is 4.00. The second-order valence-electron chi connectivity index (χ2n) is 3.78. The number of aliphatic hydroxyl groups excluding tert-OH is 1. The van der Waals surface area contributed by atoms with Gasteiger partial charge in [0.15, 0.2) is 0 Å². The van der Waals surface area contributed by atoms with Crippen LogP contribution < -0.4 is 10.6 Å². The number of rotatable bonds is 4. The molecule has 6 nitrogen and oxygen atoms in total. The van der Waals surface area contributed by atoms with Gasteiger partial charge in [0.05, 0.1) is 0 Å². The van der Waals surface area contributed by atoms with Crippen molar-refractivity contribution in [2.24, 2.45) is 0 Å². The molecule has 0 aliphatic carbocycles. The first-order valence-electron chi connectivity index (χ1n) is 5.27. The van der Waals surface area contributed by atoms with Crippen molar-refractivity contribution in [2.45, 2.75) is 31.7 Å². The molecule has 1 aromatic heterocycles. The predicted molar refractivity (Wildman–Crippen MR) is 55.4 cm³/mol. The van der Waals surface area contributed by atoms with Crippen LogP contribution in [-0.2, 0) is 0 Å². The molecule has 1 saturated heterocycles. The molecule has 1 atom stereocenters. The summed E-state index contributed by atoms with van der Waals surface area (Å²) in [5.74, 6) is 0. The Bertz CT molecular complexity index is 315. The number of aliphatic hydroxyl groups is 1. The lowest BCUT2D eigenvalue weighted by molar-refractivity contribution is 0.279. The molecule has 0 spiro atoms. The van der Waals surface area contributed by atoms with Crippen molar-refractivity contribution >= 4 is 12.0 Å². The van der Waals surface area contributed by atoms with Crippen LogP contribution in [0.5, 0.6) is 0 Å². The minimum atomic E-state index is 0.109. The van der Waals surface area contributed by atoms with E-state index >= 15 is 0 Å².